The molecule has 1 heterocycles. The summed E-state index contributed by atoms with van der Waals surface area (Å²) in [7, 11) is 2.25. The Hall–Kier alpha value is -0.380. The number of thiophene rings is 1. The highest BCUT2D eigenvalue weighted by Crippen LogP contribution is 2.28. The maximum atomic E-state index is 3.61. The van der Waals surface area contributed by atoms with Crippen molar-refractivity contribution < 1.29 is 0 Å². The van der Waals surface area contributed by atoms with E-state index in [1.165, 1.54) is 28.2 Å². The molecule has 0 aliphatic heterocycles. The van der Waals surface area contributed by atoms with E-state index in [9.17, 15) is 0 Å². The van der Waals surface area contributed by atoms with Gasteiger partial charge in [0.15, 0.2) is 0 Å². The summed E-state index contributed by atoms with van der Waals surface area (Å²) in [6, 6.07) is 3.78. The van der Waals surface area contributed by atoms with Crippen LogP contribution in [0.25, 0.3) is 0 Å². The van der Waals surface area contributed by atoms with E-state index in [1.807, 2.05) is 11.3 Å². The average Bonchev–Trinajstić information content (AvgIpc) is 3.11. The molecule has 1 N–H and O–H groups in total. The molecule has 1 aromatic rings. The lowest BCUT2D eigenvalue weighted by Gasteiger charge is -2.35. The summed E-state index contributed by atoms with van der Waals surface area (Å²) >= 11 is 1.96. The van der Waals surface area contributed by atoms with Gasteiger partial charge >= 0.3 is 0 Å². The van der Waals surface area contributed by atoms with Gasteiger partial charge in [0.2, 0.25) is 0 Å². The van der Waals surface area contributed by atoms with Gasteiger partial charge in [-0.05, 0) is 50.8 Å². The first-order valence-corrected chi connectivity index (χ1v) is 8.61. The number of hydrogen-bond acceptors (Lipinski definition) is 3. The van der Waals surface area contributed by atoms with Gasteiger partial charge in [-0.2, -0.15) is 0 Å². The highest BCUT2D eigenvalue weighted by molar-refractivity contribution is 7.12. The van der Waals surface area contributed by atoms with Gasteiger partial charge in [-0.3, -0.25) is 4.90 Å². The lowest BCUT2D eigenvalue weighted by Crippen LogP contribution is -2.38. The fraction of sp³-hybridized carbons (Fsp3) is 0.765. The Morgan fingerprint density at radius 1 is 1.40 bits per heavy atom. The molecule has 20 heavy (non-hydrogen) atoms. The Bertz CT molecular complexity index is 440. The molecule has 0 radical (unpaired) electrons. The van der Waals surface area contributed by atoms with E-state index in [0.29, 0.717) is 11.5 Å². The predicted molar refractivity (Wildman–Crippen MR) is 89.3 cm³/mol. The summed E-state index contributed by atoms with van der Waals surface area (Å²) in [5, 5.41) is 3.61. The standard InChI is InChI=1S/C17H30N2S/c1-12-14(11-19(6)13(2)17(3,4)5)9-16(20-12)10-18-15-7-8-15/h9,13,15,18H,7-8,10-11H2,1-6H3. The summed E-state index contributed by atoms with van der Waals surface area (Å²) in [4.78, 5) is 5.44. The van der Waals surface area contributed by atoms with E-state index in [1.54, 1.807) is 0 Å². The molecule has 3 heteroatoms. The van der Waals surface area contributed by atoms with Crippen molar-refractivity contribution in [2.75, 3.05) is 7.05 Å². The third kappa shape index (κ3) is 4.31. The Kier molecular flexibility index (Phi) is 4.93. The molecule has 0 bridgehead atoms. The van der Waals surface area contributed by atoms with E-state index in [-0.39, 0.29) is 0 Å². The second-order valence-corrected chi connectivity index (χ2v) is 8.75. The second-order valence-electron chi connectivity index (χ2n) is 7.41. The number of nitrogens with one attached hydrogen (secondary N) is 1. The SMILES string of the molecule is Cc1sc(CNC2CC2)cc1CN(C)C(C)C(C)(C)C. The molecular weight excluding hydrogens is 264 g/mol. The molecule has 2 rings (SSSR count). The fourth-order valence-corrected chi connectivity index (χ4v) is 3.44. The van der Waals surface area contributed by atoms with Crippen molar-refractivity contribution in [3.8, 4) is 0 Å². The Morgan fingerprint density at radius 3 is 2.60 bits per heavy atom. The number of rotatable bonds is 6. The lowest BCUT2D eigenvalue weighted by molar-refractivity contribution is 0.134. The van der Waals surface area contributed by atoms with E-state index in [4.69, 9.17) is 0 Å². The molecule has 1 atom stereocenters. The van der Waals surface area contributed by atoms with Gasteiger partial charge in [-0.15, -0.1) is 11.3 Å². The van der Waals surface area contributed by atoms with Crippen molar-refractivity contribution in [3.63, 3.8) is 0 Å². The normalized spacial score (nSPS) is 17.8. The maximum absolute atomic E-state index is 3.61. The first-order valence-electron chi connectivity index (χ1n) is 7.79. The minimum Gasteiger partial charge on any atom is -0.309 e. The minimum atomic E-state index is 0.328. The van der Waals surface area contributed by atoms with Crippen LogP contribution in [0.5, 0.6) is 0 Å². The smallest absolute Gasteiger partial charge is 0.0302 e. The average molecular weight is 295 g/mol. The molecule has 1 aromatic heterocycles. The highest BCUT2D eigenvalue weighted by atomic mass is 32.1. The van der Waals surface area contributed by atoms with Crippen molar-refractivity contribution in [1.82, 2.24) is 10.2 Å². The third-order valence-corrected chi connectivity index (χ3v) is 5.64. The van der Waals surface area contributed by atoms with Crippen LogP contribution < -0.4 is 5.32 Å². The van der Waals surface area contributed by atoms with Crippen LogP contribution in [0.15, 0.2) is 6.07 Å². The van der Waals surface area contributed by atoms with Crippen LogP contribution in [-0.4, -0.2) is 24.0 Å². The monoisotopic (exact) mass is 294 g/mol. The van der Waals surface area contributed by atoms with Crippen LogP contribution in [0.1, 0.15) is 55.9 Å². The highest BCUT2D eigenvalue weighted by Gasteiger charge is 2.24. The van der Waals surface area contributed by atoms with Gasteiger partial charge in [0.25, 0.3) is 0 Å². The van der Waals surface area contributed by atoms with E-state index in [2.05, 4.69) is 57.9 Å². The predicted octanol–water partition coefficient (Wildman–Crippen LogP) is 4.17. The van der Waals surface area contributed by atoms with Crippen molar-refractivity contribution in [2.24, 2.45) is 5.41 Å². The zero-order valence-corrected chi connectivity index (χ0v) is 14.7. The maximum Gasteiger partial charge on any atom is 0.0302 e. The van der Waals surface area contributed by atoms with Gasteiger partial charge in [0, 0.05) is 34.9 Å². The van der Waals surface area contributed by atoms with E-state index in [0.717, 1.165) is 19.1 Å². The number of hydrogen-bond donors (Lipinski definition) is 1. The van der Waals surface area contributed by atoms with E-state index < -0.39 is 0 Å². The van der Waals surface area contributed by atoms with E-state index >= 15 is 0 Å². The zero-order valence-electron chi connectivity index (χ0n) is 13.9. The van der Waals surface area contributed by atoms with Crippen LogP contribution >= 0.6 is 11.3 Å². The topological polar surface area (TPSA) is 15.3 Å². The molecule has 2 nitrogen and oxygen atoms in total. The molecule has 114 valence electrons. The van der Waals surface area contributed by atoms with Crippen LogP contribution in [0.2, 0.25) is 0 Å². The summed E-state index contributed by atoms with van der Waals surface area (Å²) in [6.45, 7) is 13.7. The van der Waals surface area contributed by atoms with Crippen LogP contribution in [0, 0.1) is 12.3 Å². The van der Waals surface area contributed by atoms with Gasteiger partial charge in [-0.1, -0.05) is 20.8 Å². The van der Waals surface area contributed by atoms with Gasteiger partial charge in [0.05, 0.1) is 0 Å². The third-order valence-electron chi connectivity index (χ3n) is 4.55. The summed E-state index contributed by atoms with van der Waals surface area (Å²) in [6.07, 6.45) is 2.73. The molecule has 0 amide bonds. The van der Waals surface area contributed by atoms with Gasteiger partial charge in [0.1, 0.15) is 0 Å². The number of nitrogens with zero attached hydrogens (tertiary/aromatic N) is 1. The van der Waals surface area contributed by atoms with Gasteiger partial charge in [-0.25, -0.2) is 0 Å². The molecule has 0 aromatic carbocycles. The fourth-order valence-electron chi connectivity index (χ4n) is 2.43. The molecular formula is C17H30N2S. The molecule has 1 fully saturated rings. The first-order chi connectivity index (χ1) is 9.27. The van der Waals surface area contributed by atoms with Crippen molar-refractivity contribution in [2.45, 2.75) is 72.6 Å². The van der Waals surface area contributed by atoms with Crippen LogP contribution in [0.4, 0.5) is 0 Å². The van der Waals surface area contributed by atoms with Crippen LogP contribution in [0.3, 0.4) is 0 Å². The van der Waals surface area contributed by atoms with Crippen molar-refractivity contribution in [1.29, 1.82) is 0 Å². The second kappa shape index (κ2) is 6.17. The summed E-state index contributed by atoms with van der Waals surface area (Å²) < 4.78 is 0. The first kappa shape index (κ1) is 16.0. The quantitative estimate of drug-likeness (QED) is 0.847. The summed E-state index contributed by atoms with van der Waals surface area (Å²) in [5.41, 5.74) is 1.83. The summed E-state index contributed by atoms with van der Waals surface area (Å²) in [5.74, 6) is 0. The van der Waals surface area contributed by atoms with Gasteiger partial charge < -0.3 is 5.32 Å². The molecule has 0 spiro atoms. The largest absolute Gasteiger partial charge is 0.309 e. The van der Waals surface area contributed by atoms with Crippen LogP contribution in [-0.2, 0) is 13.1 Å². The molecule has 1 saturated carbocycles. The molecule has 1 unspecified atom stereocenters. The Balaban J connectivity index is 1.94. The lowest BCUT2D eigenvalue weighted by atomic mass is 9.87. The molecule has 0 saturated heterocycles. The Morgan fingerprint density at radius 2 is 2.05 bits per heavy atom. The minimum absolute atomic E-state index is 0.328. The number of aryl methyl sites for hydroxylation is 1. The molecule has 1 aliphatic rings. The Labute approximate surface area is 128 Å². The van der Waals surface area contributed by atoms with Crippen molar-refractivity contribution >= 4 is 11.3 Å². The molecule has 1 aliphatic carbocycles. The van der Waals surface area contributed by atoms with Crippen molar-refractivity contribution in [3.05, 3.63) is 21.4 Å². The zero-order chi connectivity index (χ0) is 14.9.